The number of nitrogens with zero attached hydrogens (tertiary/aromatic N) is 4. The van der Waals surface area contributed by atoms with Gasteiger partial charge in [-0.1, -0.05) is 0 Å². The molecular weight excluding hydrogens is 534 g/mol. The fourth-order valence-corrected chi connectivity index (χ4v) is 5.89. The minimum atomic E-state index is -0.785. The first kappa shape index (κ1) is 29.2. The maximum absolute atomic E-state index is 12.6. The topological polar surface area (TPSA) is 129 Å². The molecule has 0 aromatic heterocycles. The first-order chi connectivity index (χ1) is 20.3. The van der Waals surface area contributed by atoms with Crippen LogP contribution in [-0.2, 0) is 9.59 Å². The number of anilines is 2. The molecule has 0 aliphatic carbocycles. The van der Waals surface area contributed by atoms with Gasteiger partial charge in [-0.15, -0.1) is 0 Å². The highest BCUT2D eigenvalue weighted by Crippen LogP contribution is 2.25. The van der Waals surface area contributed by atoms with Crippen LogP contribution < -0.4 is 20.4 Å². The molecule has 3 saturated heterocycles. The van der Waals surface area contributed by atoms with Gasteiger partial charge in [-0.25, -0.2) is 4.79 Å². The van der Waals surface area contributed by atoms with Gasteiger partial charge in [0.15, 0.2) is 0 Å². The van der Waals surface area contributed by atoms with E-state index in [0.29, 0.717) is 17.0 Å². The maximum Gasteiger partial charge on any atom is 0.323 e. The van der Waals surface area contributed by atoms with Crippen molar-refractivity contribution in [3.8, 4) is 0 Å². The Morgan fingerprint density at radius 2 is 1.52 bits per heavy atom. The number of hydrogen-bond acceptors (Lipinski definition) is 8. The molecule has 11 heteroatoms. The van der Waals surface area contributed by atoms with Gasteiger partial charge in [0.25, 0.3) is 0 Å². The molecule has 3 fully saturated rings. The van der Waals surface area contributed by atoms with Crippen molar-refractivity contribution in [2.24, 2.45) is 5.92 Å². The lowest BCUT2D eigenvalue weighted by molar-refractivity contribution is -0.134. The van der Waals surface area contributed by atoms with E-state index in [9.17, 15) is 19.2 Å². The summed E-state index contributed by atoms with van der Waals surface area (Å²) in [6.07, 6.45) is 3.64. The lowest BCUT2D eigenvalue weighted by Gasteiger charge is -2.40. The molecule has 1 unspecified atom stereocenters. The number of piperidine rings is 2. The molecule has 3 N–H and O–H groups in total. The molecule has 5 rings (SSSR count). The summed E-state index contributed by atoms with van der Waals surface area (Å²) in [5.74, 6) is -0.143. The van der Waals surface area contributed by atoms with E-state index in [1.807, 2.05) is 48.5 Å². The second kappa shape index (κ2) is 13.2. The summed E-state index contributed by atoms with van der Waals surface area (Å²) in [6.45, 7) is 7.10. The van der Waals surface area contributed by atoms with Crippen molar-refractivity contribution in [3.05, 3.63) is 59.7 Å². The molecule has 2 aromatic rings. The molecule has 0 radical (unpaired) electrons. The predicted molar refractivity (Wildman–Crippen MR) is 161 cm³/mol. The lowest BCUT2D eigenvalue weighted by Crippen LogP contribution is -2.55. The average molecular weight is 574 g/mol. The number of nitrogens with one attached hydrogen (secondary N) is 3. The van der Waals surface area contributed by atoms with Crippen LogP contribution in [0, 0.1) is 11.3 Å². The highest BCUT2D eigenvalue weighted by Gasteiger charge is 2.30. The lowest BCUT2D eigenvalue weighted by atomic mass is 9.95. The number of hydrogen-bond donors (Lipinski definition) is 3. The average Bonchev–Trinajstić information content (AvgIpc) is 3.02. The van der Waals surface area contributed by atoms with E-state index in [0.717, 1.165) is 57.8 Å². The predicted octanol–water partition coefficient (Wildman–Crippen LogP) is 2.31. The fraction of sp³-hybridized carbons (Fsp3) is 0.452. The van der Waals surface area contributed by atoms with Gasteiger partial charge in [-0.3, -0.25) is 34.9 Å². The molecule has 4 amide bonds. The number of carbonyl (C=O) groups excluding carboxylic acids is 4. The molecule has 3 aliphatic rings. The van der Waals surface area contributed by atoms with Crippen molar-refractivity contribution < 1.29 is 19.2 Å². The smallest absolute Gasteiger partial charge is 0.323 e. The third kappa shape index (κ3) is 6.96. The second-order valence-corrected chi connectivity index (χ2v) is 11.3. The van der Waals surface area contributed by atoms with Crippen LogP contribution in [0.15, 0.2) is 48.5 Å². The Morgan fingerprint density at radius 3 is 2.12 bits per heavy atom. The summed E-state index contributed by atoms with van der Waals surface area (Å²) in [7, 11) is 1.49. The number of benzene rings is 2. The molecule has 0 bridgehead atoms. The number of amides is 4. The summed E-state index contributed by atoms with van der Waals surface area (Å²) in [6, 6.07) is 14.2. The monoisotopic (exact) mass is 573 g/mol. The van der Waals surface area contributed by atoms with Crippen LogP contribution >= 0.6 is 0 Å². The van der Waals surface area contributed by atoms with Crippen LogP contribution in [0.4, 0.5) is 16.2 Å². The highest BCUT2D eigenvalue weighted by molar-refractivity contribution is 6.07. The molecule has 2 aromatic carbocycles. The Labute approximate surface area is 246 Å². The summed E-state index contributed by atoms with van der Waals surface area (Å²) < 4.78 is 0. The van der Waals surface area contributed by atoms with E-state index in [1.54, 1.807) is 0 Å². The van der Waals surface area contributed by atoms with Crippen molar-refractivity contribution in [3.63, 3.8) is 0 Å². The van der Waals surface area contributed by atoms with Crippen molar-refractivity contribution >= 4 is 41.3 Å². The first-order valence-electron chi connectivity index (χ1n) is 14.6. The van der Waals surface area contributed by atoms with Gasteiger partial charge < -0.3 is 15.1 Å². The zero-order valence-electron chi connectivity index (χ0n) is 24.1. The summed E-state index contributed by atoms with van der Waals surface area (Å²) in [4.78, 5) is 55.3. The summed E-state index contributed by atoms with van der Waals surface area (Å²) >= 11 is 0. The van der Waals surface area contributed by atoms with E-state index < -0.39 is 18.0 Å². The van der Waals surface area contributed by atoms with Gasteiger partial charge in [0, 0.05) is 81.8 Å². The van der Waals surface area contributed by atoms with Crippen LogP contribution in [0.5, 0.6) is 0 Å². The zero-order chi connectivity index (χ0) is 29.6. The van der Waals surface area contributed by atoms with Crippen molar-refractivity contribution in [1.29, 1.82) is 5.41 Å². The Hall–Kier alpha value is -4.25. The van der Waals surface area contributed by atoms with Gasteiger partial charge in [0.05, 0.1) is 0 Å². The first-order valence-corrected chi connectivity index (χ1v) is 14.6. The van der Waals surface area contributed by atoms with Gasteiger partial charge in [0.2, 0.25) is 11.8 Å². The largest absolute Gasteiger partial charge is 0.372 e. The number of aldehydes is 1. The molecule has 3 aliphatic heterocycles. The minimum Gasteiger partial charge on any atom is -0.372 e. The molecule has 42 heavy (non-hydrogen) atoms. The van der Waals surface area contributed by atoms with Gasteiger partial charge in [-0.2, -0.15) is 0 Å². The Bertz CT molecular complexity index is 1300. The number of piperazine rings is 1. The van der Waals surface area contributed by atoms with Crippen molar-refractivity contribution in [2.75, 3.05) is 62.7 Å². The van der Waals surface area contributed by atoms with Gasteiger partial charge in [0.1, 0.15) is 18.2 Å². The summed E-state index contributed by atoms with van der Waals surface area (Å²) in [5, 5.41) is 13.3. The standard InChI is InChI=1S/C31H39N7O4/c1-35(31(42)33-27-10-11-28(40)34-30(27)41)29(32)24-4-8-26(9-5-24)38-18-16-36(17-19-38)20-22-12-14-37(15-13-22)25-6-2-23(21-39)3-7-25/h2-9,21-22,27,32H,10-20H2,1H3,(H,33,42)(H,34,40,41). The molecule has 222 valence electrons. The van der Waals surface area contributed by atoms with Gasteiger partial charge in [-0.05, 0) is 73.7 Å². The molecule has 3 heterocycles. The number of rotatable bonds is 7. The highest BCUT2D eigenvalue weighted by atomic mass is 16.2. The fourth-order valence-electron chi connectivity index (χ4n) is 5.89. The molecule has 0 saturated carbocycles. The van der Waals surface area contributed by atoms with Crippen LogP contribution in [0.1, 0.15) is 41.6 Å². The minimum absolute atomic E-state index is 0.0280. The SMILES string of the molecule is CN(C(=N)c1ccc(N2CCN(CC3CCN(c4ccc(C=O)cc4)CC3)CC2)cc1)C(=O)NC1CCC(=O)NC1=O. The van der Waals surface area contributed by atoms with E-state index >= 15 is 0 Å². The van der Waals surface area contributed by atoms with Crippen LogP contribution in [0.25, 0.3) is 0 Å². The third-order valence-electron chi connectivity index (χ3n) is 8.58. The Morgan fingerprint density at radius 1 is 0.929 bits per heavy atom. The van der Waals surface area contributed by atoms with Crippen molar-refractivity contribution in [1.82, 2.24) is 20.4 Å². The Kier molecular flexibility index (Phi) is 9.16. The third-order valence-corrected chi connectivity index (χ3v) is 8.58. The van der Waals surface area contributed by atoms with Crippen LogP contribution in [-0.4, -0.2) is 98.7 Å². The van der Waals surface area contributed by atoms with Crippen molar-refractivity contribution in [2.45, 2.75) is 31.7 Å². The zero-order valence-corrected chi connectivity index (χ0v) is 24.1. The van der Waals surface area contributed by atoms with E-state index in [-0.39, 0.29) is 24.6 Å². The van der Waals surface area contributed by atoms with E-state index in [4.69, 9.17) is 5.41 Å². The van der Waals surface area contributed by atoms with Crippen LogP contribution in [0.2, 0.25) is 0 Å². The molecule has 11 nitrogen and oxygen atoms in total. The Balaban J connectivity index is 1.05. The molecule has 1 atom stereocenters. The quantitative estimate of drug-likeness (QED) is 0.201. The van der Waals surface area contributed by atoms with Crippen LogP contribution in [0.3, 0.4) is 0 Å². The second-order valence-electron chi connectivity index (χ2n) is 11.3. The number of amidine groups is 1. The summed E-state index contributed by atoms with van der Waals surface area (Å²) in [5.41, 5.74) is 3.60. The molecule has 0 spiro atoms. The van der Waals surface area contributed by atoms with E-state index in [2.05, 4.69) is 25.3 Å². The number of imide groups is 1. The van der Waals surface area contributed by atoms with E-state index in [1.165, 1.54) is 30.5 Å². The number of urea groups is 1. The molecular formula is C31H39N7O4. The number of carbonyl (C=O) groups is 4. The normalized spacial score (nSPS) is 20.2. The van der Waals surface area contributed by atoms with Gasteiger partial charge >= 0.3 is 6.03 Å². The maximum atomic E-state index is 12.6.